The number of benzene rings is 2. The fraction of sp³-hybridized carbons (Fsp3) is 0.316. The predicted octanol–water partition coefficient (Wildman–Crippen LogP) is 3.25. The fourth-order valence-corrected chi connectivity index (χ4v) is 4.53. The third-order valence-corrected chi connectivity index (χ3v) is 6.61. The van der Waals surface area contributed by atoms with Gasteiger partial charge in [0, 0.05) is 18.1 Å². The Bertz CT molecular complexity index is 959. The highest BCUT2D eigenvalue weighted by molar-refractivity contribution is 7.89. The Balaban J connectivity index is 1.52. The lowest BCUT2D eigenvalue weighted by Gasteiger charge is -2.26. The number of hydrogen-bond donors (Lipinski definition) is 0. The summed E-state index contributed by atoms with van der Waals surface area (Å²) in [4.78, 5) is 12.3. The van der Waals surface area contributed by atoms with E-state index >= 15 is 0 Å². The molecule has 0 aromatic heterocycles. The number of halogens is 2. The summed E-state index contributed by atoms with van der Waals surface area (Å²) in [6, 6.07) is 10.5. The maximum absolute atomic E-state index is 12.6. The van der Waals surface area contributed by atoms with Gasteiger partial charge in [-0.3, -0.25) is 0 Å². The molecule has 2 aromatic rings. The van der Waals surface area contributed by atoms with Gasteiger partial charge in [-0.1, -0.05) is 23.2 Å². The number of sulfonamides is 1. The zero-order valence-corrected chi connectivity index (χ0v) is 17.7. The standard InChI is InChI=1S/C19H19Cl2NO6S/c20-15-3-6-18(17(21)13-15)27-11-12-28-19(23)14-1-4-16(5-2-14)29(24,25)22-7-9-26-10-8-22/h1-6,13H,7-12H2. The van der Waals surface area contributed by atoms with Crippen LogP contribution in [-0.2, 0) is 19.5 Å². The normalized spacial score (nSPS) is 15.1. The van der Waals surface area contributed by atoms with Gasteiger partial charge < -0.3 is 14.2 Å². The summed E-state index contributed by atoms with van der Waals surface area (Å²) >= 11 is 11.8. The van der Waals surface area contributed by atoms with Crippen LogP contribution in [0.2, 0.25) is 10.0 Å². The molecular weight excluding hydrogens is 441 g/mol. The summed E-state index contributed by atoms with van der Waals surface area (Å²) in [7, 11) is -3.60. The maximum Gasteiger partial charge on any atom is 0.338 e. The summed E-state index contributed by atoms with van der Waals surface area (Å²) in [6.45, 7) is 1.47. The Labute approximate surface area is 179 Å². The summed E-state index contributed by atoms with van der Waals surface area (Å²) in [6.07, 6.45) is 0. The molecule has 0 saturated carbocycles. The fourth-order valence-electron chi connectivity index (χ4n) is 2.66. The van der Waals surface area contributed by atoms with Gasteiger partial charge in [0.25, 0.3) is 0 Å². The molecule has 0 aliphatic carbocycles. The lowest BCUT2D eigenvalue weighted by molar-refractivity contribution is 0.0450. The Hall–Kier alpha value is -1.84. The van der Waals surface area contributed by atoms with E-state index in [4.69, 9.17) is 37.4 Å². The van der Waals surface area contributed by atoms with Crippen LogP contribution in [0.4, 0.5) is 0 Å². The van der Waals surface area contributed by atoms with E-state index in [1.807, 2.05) is 0 Å². The minimum atomic E-state index is -3.60. The third kappa shape index (κ3) is 5.61. The summed E-state index contributed by atoms with van der Waals surface area (Å²) in [5, 5.41) is 0.855. The van der Waals surface area contributed by atoms with Crippen LogP contribution < -0.4 is 4.74 Å². The molecule has 1 aliphatic heterocycles. The van der Waals surface area contributed by atoms with E-state index in [1.165, 1.54) is 28.6 Å². The quantitative estimate of drug-likeness (QED) is 0.466. The van der Waals surface area contributed by atoms with Crippen molar-refractivity contribution in [1.82, 2.24) is 4.31 Å². The molecule has 10 heteroatoms. The van der Waals surface area contributed by atoms with Crippen molar-refractivity contribution < 1.29 is 27.4 Å². The molecule has 0 bridgehead atoms. The van der Waals surface area contributed by atoms with Crippen molar-refractivity contribution >= 4 is 39.2 Å². The Kier molecular flexibility index (Phi) is 7.37. The Morgan fingerprint density at radius 3 is 2.38 bits per heavy atom. The smallest absolute Gasteiger partial charge is 0.338 e. The van der Waals surface area contributed by atoms with Gasteiger partial charge in [-0.05, 0) is 42.5 Å². The number of carbonyl (C=O) groups is 1. The highest BCUT2D eigenvalue weighted by atomic mass is 35.5. The van der Waals surface area contributed by atoms with Gasteiger partial charge in [0.05, 0.1) is 28.7 Å². The first-order valence-corrected chi connectivity index (χ1v) is 11.0. The first-order chi connectivity index (χ1) is 13.9. The number of carbonyl (C=O) groups excluding carboxylic acids is 1. The zero-order chi connectivity index (χ0) is 20.9. The first-order valence-electron chi connectivity index (χ1n) is 8.81. The second kappa shape index (κ2) is 9.77. The molecule has 0 N–H and O–H groups in total. The Morgan fingerprint density at radius 1 is 1.03 bits per heavy atom. The lowest BCUT2D eigenvalue weighted by Crippen LogP contribution is -2.40. The van der Waals surface area contributed by atoms with Gasteiger partial charge in [0.15, 0.2) is 0 Å². The van der Waals surface area contributed by atoms with Crippen molar-refractivity contribution in [1.29, 1.82) is 0 Å². The van der Waals surface area contributed by atoms with Crippen LogP contribution >= 0.6 is 23.2 Å². The van der Waals surface area contributed by atoms with Gasteiger partial charge in [0.1, 0.15) is 19.0 Å². The lowest BCUT2D eigenvalue weighted by atomic mass is 10.2. The number of nitrogens with zero attached hydrogens (tertiary/aromatic N) is 1. The van der Waals surface area contributed by atoms with Gasteiger partial charge in [0.2, 0.25) is 10.0 Å². The minimum absolute atomic E-state index is 0.00557. The molecule has 2 aromatic carbocycles. The van der Waals surface area contributed by atoms with Crippen LogP contribution in [0.5, 0.6) is 5.75 Å². The first kappa shape index (κ1) is 21.9. The van der Waals surface area contributed by atoms with E-state index < -0.39 is 16.0 Å². The van der Waals surface area contributed by atoms with Crippen molar-refractivity contribution in [3.63, 3.8) is 0 Å². The minimum Gasteiger partial charge on any atom is -0.488 e. The van der Waals surface area contributed by atoms with Crippen LogP contribution in [0.15, 0.2) is 47.4 Å². The molecule has 0 atom stereocenters. The zero-order valence-electron chi connectivity index (χ0n) is 15.3. The van der Waals surface area contributed by atoms with Gasteiger partial charge >= 0.3 is 5.97 Å². The van der Waals surface area contributed by atoms with Crippen LogP contribution in [0.3, 0.4) is 0 Å². The topological polar surface area (TPSA) is 82.1 Å². The average molecular weight is 460 g/mol. The number of esters is 1. The average Bonchev–Trinajstić information content (AvgIpc) is 2.73. The molecule has 0 spiro atoms. The van der Waals surface area contributed by atoms with E-state index in [0.29, 0.717) is 42.1 Å². The van der Waals surface area contributed by atoms with Gasteiger partial charge in [-0.15, -0.1) is 0 Å². The molecule has 0 radical (unpaired) electrons. The molecule has 1 saturated heterocycles. The largest absolute Gasteiger partial charge is 0.488 e. The number of rotatable bonds is 7. The second-order valence-electron chi connectivity index (χ2n) is 6.10. The number of ether oxygens (including phenoxy) is 3. The van der Waals surface area contributed by atoms with E-state index in [1.54, 1.807) is 18.2 Å². The van der Waals surface area contributed by atoms with E-state index in [-0.39, 0.29) is 23.7 Å². The van der Waals surface area contributed by atoms with Gasteiger partial charge in [-0.2, -0.15) is 4.31 Å². The van der Waals surface area contributed by atoms with E-state index in [0.717, 1.165) is 0 Å². The molecule has 1 aliphatic rings. The van der Waals surface area contributed by atoms with Crippen molar-refractivity contribution in [2.75, 3.05) is 39.5 Å². The molecule has 7 nitrogen and oxygen atoms in total. The molecule has 1 heterocycles. The van der Waals surface area contributed by atoms with Crippen LogP contribution in [0.25, 0.3) is 0 Å². The molecule has 0 unspecified atom stereocenters. The van der Waals surface area contributed by atoms with Crippen LogP contribution in [0.1, 0.15) is 10.4 Å². The van der Waals surface area contributed by atoms with Crippen LogP contribution in [0, 0.1) is 0 Å². The summed E-state index contributed by atoms with van der Waals surface area (Å²) in [5.41, 5.74) is 0.246. The molecule has 29 heavy (non-hydrogen) atoms. The van der Waals surface area contributed by atoms with Crippen molar-refractivity contribution in [3.05, 3.63) is 58.1 Å². The van der Waals surface area contributed by atoms with Crippen LogP contribution in [-0.4, -0.2) is 58.2 Å². The van der Waals surface area contributed by atoms with E-state index in [2.05, 4.69) is 0 Å². The highest BCUT2D eigenvalue weighted by Gasteiger charge is 2.26. The number of morpholine rings is 1. The SMILES string of the molecule is O=C(OCCOc1ccc(Cl)cc1Cl)c1ccc(S(=O)(=O)N2CCOCC2)cc1. The third-order valence-electron chi connectivity index (χ3n) is 4.17. The summed E-state index contributed by atoms with van der Waals surface area (Å²) in [5.74, 6) is -0.143. The highest BCUT2D eigenvalue weighted by Crippen LogP contribution is 2.27. The molecular formula is C19H19Cl2NO6S. The van der Waals surface area contributed by atoms with Crippen molar-refractivity contribution in [3.8, 4) is 5.75 Å². The number of hydrogen-bond acceptors (Lipinski definition) is 6. The summed E-state index contributed by atoms with van der Waals surface area (Å²) < 4.78 is 42.3. The molecule has 1 fully saturated rings. The Morgan fingerprint density at radius 2 is 1.72 bits per heavy atom. The van der Waals surface area contributed by atoms with Gasteiger partial charge in [-0.25, -0.2) is 13.2 Å². The monoisotopic (exact) mass is 459 g/mol. The van der Waals surface area contributed by atoms with E-state index in [9.17, 15) is 13.2 Å². The molecule has 0 amide bonds. The second-order valence-corrected chi connectivity index (χ2v) is 8.88. The maximum atomic E-state index is 12.6. The molecule has 156 valence electrons. The predicted molar refractivity (Wildman–Crippen MR) is 108 cm³/mol. The van der Waals surface area contributed by atoms with Crippen molar-refractivity contribution in [2.24, 2.45) is 0 Å². The molecule has 3 rings (SSSR count). The van der Waals surface area contributed by atoms with Crippen molar-refractivity contribution in [2.45, 2.75) is 4.90 Å².